The molecule has 5 nitrogen and oxygen atoms in total. The van der Waals surface area contributed by atoms with Gasteiger partial charge in [-0.1, -0.05) is 19.3 Å². The Hall–Kier alpha value is -1.49. The number of urea groups is 1. The third kappa shape index (κ3) is 4.27. The van der Waals surface area contributed by atoms with E-state index in [-0.39, 0.29) is 6.03 Å². The van der Waals surface area contributed by atoms with Crippen LogP contribution in [0.5, 0.6) is 0 Å². The highest BCUT2D eigenvalue weighted by molar-refractivity contribution is 5.74. The number of hydrogen-bond acceptors (Lipinski definition) is 2. The Bertz CT molecular complexity index is 425. The number of aryl methyl sites for hydroxylation is 1. The second kappa shape index (κ2) is 7.33. The molecule has 2 rings (SSSR count). The van der Waals surface area contributed by atoms with Crippen LogP contribution >= 0.6 is 0 Å². The highest BCUT2D eigenvalue weighted by atomic mass is 16.3. The zero-order chi connectivity index (χ0) is 14.4. The van der Waals surface area contributed by atoms with Crippen molar-refractivity contribution in [2.75, 3.05) is 6.54 Å². The Balaban J connectivity index is 1.65. The van der Waals surface area contributed by atoms with Crippen molar-refractivity contribution >= 4 is 6.03 Å². The minimum atomic E-state index is -0.537. The van der Waals surface area contributed by atoms with E-state index in [9.17, 15) is 9.90 Å². The minimum Gasteiger partial charge on any atom is -0.387 e. The molecule has 112 valence electrons. The molecule has 3 N–H and O–H groups in total. The molecule has 1 saturated carbocycles. The minimum absolute atomic E-state index is 0.115. The summed E-state index contributed by atoms with van der Waals surface area (Å²) in [7, 11) is 1.90. The van der Waals surface area contributed by atoms with E-state index in [2.05, 4.69) is 10.6 Å². The van der Waals surface area contributed by atoms with Crippen LogP contribution in [0.2, 0.25) is 0 Å². The standard InChI is InChI=1S/C15H25N3O2/c1-18-11-5-8-13(18)14(19)9-10-16-15(20)17-12-6-3-2-4-7-12/h5,8,11-12,14,19H,2-4,6-7,9-10H2,1H3,(H2,16,17,20). The van der Waals surface area contributed by atoms with Gasteiger partial charge in [0.2, 0.25) is 0 Å². The largest absolute Gasteiger partial charge is 0.387 e. The number of nitrogens with zero attached hydrogens (tertiary/aromatic N) is 1. The Morgan fingerprint density at radius 3 is 2.85 bits per heavy atom. The van der Waals surface area contributed by atoms with Gasteiger partial charge in [-0.15, -0.1) is 0 Å². The number of carbonyl (C=O) groups is 1. The van der Waals surface area contributed by atoms with Crippen molar-refractivity contribution in [2.24, 2.45) is 7.05 Å². The molecule has 5 heteroatoms. The fourth-order valence-corrected chi connectivity index (χ4v) is 2.77. The molecular weight excluding hydrogens is 254 g/mol. The van der Waals surface area contributed by atoms with E-state index in [4.69, 9.17) is 0 Å². The molecule has 0 radical (unpaired) electrons. The Labute approximate surface area is 120 Å². The van der Waals surface area contributed by atoms with E-state index < -0.39 is 6.10 Å². The number of amides is 2. The lowest BCUT2D eigenvalue weighted by Gasteiger charge is -2.23. The van der Waals surface area contributed by atoms with Crippen LogP contribution in [-0.2, 0) is 7.05 Å². The Morgan fingerprint density at radius 2 is 2.20 bits per heavy atom. The molecule has 1 heterocycles. The van der Waals surface area contributed by atoms with Crippen molar-refractivity contribution in [3.05, 3.63) is 24.0 Å². The molecule has 0 aliphatic heterocycles. The predicted octanol–water partition coefficient (Wildman–Crippen LogP) is 2.08. The highest BCUT2D eigenvalue weighted by Crippen LogP contribution is 2.17. The number of aromatic nitrogens is 1. The average Bonchev–Trinajstić information content (AvgIpc) is 2.86. The zero-order valence-electron chi connectivity index (χ0n) is 12.1. The topological polar surface area (TPSA) is 66.3 Å². The molecule has 0 aromatic carbocycles. The van der Waals surface area contributed by atoms with Gasteiger partial charge in [0.15, 0.2) is 0 Å². The maximum Gasteiger partial charge on any atom is 0.315 e. The molecule has 1 aliphatic carbocycles. The molecule has 2 amide bonds. The van der Waals surface area contributed by atoms with Crippen molar-refractivity contribution in [2.45, 2.75) is 50.7 Å². The summed E-state index contributed by atoms with van der Waals surface area (Å²) in [6, 6.07) is 4.01. The summed E-state index contributed by atoms with van der Waals surface area (Å²) in [6.45, 7) is 0.477. The maximum atomic E-state index is 11.7. The number of aliphatic hydroxyl groups excluding tert-OH is 1. The van der Waals surface area contributed by atoms with Crippen LogP contribution < -0.4 is 10.6 Å². The molecule has 0 spiro atoms. The predicted molar refractivity (Wildman–Crippen MR) is 78.4 cm³/mol. The monoisotopic (exact) mass is 279 g/mol. The summed E-state index contributed by atoms with van der Waals surface area (Å²) in [5, 5.41) is 15.9. The summed E-state index contributed by atoms with van der Waals surface area (Å²) < 4.78 is 1.90. The second-order valence-electron chi connectivity index (χ2n) is 5.58. The molecule has 1 atom stereocenters. The molecule has 1 fully saturated rings. The van der Waals surface area contributed by atoms with E-state index >= 15 is 0 Å². The second-order valence-corrected chi connectivity index (χ2v) is 5.58. The fraction of sp³-hybridized carbons (Fsp3) is 0.667. The average molecular weight is 279 g/mol. The van der Waals surface area contributed by atoms with Gasteiger partial charge < -0.3 is 20.3 Å². The summed E-state index contributed by atoms with van der Waals surface area (Å²) in [6.07, 6.45) is 7.75. The molecule has 1 aliphatic rings. The zero-order valence-corrected chi connectivity index (χ0v) is 12.1. The number of aliphatic hydroxyl groups is 1. The van der Waals surface area contributed by atoms with Gasteiger partial charge in [-0.25, -0.2) is 4.79 Å². The molecule has 1 aromatic heterocycles. The van der Waals surface area contributed by atoms with Crippen molar-refractivity contribution < 1.29 is 9.90 Å². The van der Waals surface area contributed by atoms with Crippen LogP contribution in [0.3, 0.4) is 0 Å². The molecule has 20 heavy (non-hydrogen) atoms. The first-order valence-corrected chi connectivity index (χ1v) is 7.50. The lowest BCUT2D eigenvalue weighted by molar-refractivity contribution is 0.159. The quantitative estimate of drug-likeness (QED) is 0.772. The van der Waals surface area contributed by atoms with Crippen molar-refractivity contribution in [3.8, 4) is 0 Å². The summed E-state index contributed by atoms with van der Waals surface area (Å²) >= 11 is 0. The lowest BCUT2D eigenvalue weighted by atomic mass is 9.96. The van der Waals surface area contributed by atoms with Crippen LogP contribution in [0.15, 0.2) is 18.3 Å². The van der Waals surface area contributed by atoms with Crippen molar-refractivity contribution in [1.82, 2.24) is 15.2 Å². The van der Waals surface area contributed by atoms with Crippen LogP contribution in [0, 0.1) is 0 Å². The van der Waals surface area contributed by atoms with Gasteiger partial charge in [-0.3, -0.25) is 0 Å². The number of carbonyl (C=O) groups excluding carboxylic acids is 1. The third-order valence-corrected chi connectivity index (χ3v) is 3.97. The van der Waals surface area contributed by atoms with Gasteiger partial charge in [0, 0.05) is 31.5 Å². The van der Waals surface area contributed by atoms with Gasteiger partial charge >= 0.3 is 6.03 Å². The van der Waals surface area contributed by atoms with E-state index in [0.29, 0.717) is 19.0 Å². The van der Waals surface area contributed by atoms with Gasteiger partial charge in [-0.05, 0) is 31.4 Å². The normalized spacial score (nSPS) is 17.7. The summed E-state index contributed by atoms with van der Waals surface area (Å²) in [5.41, 5.74) is 0.875. The lowest BCUT2D eigenvalue weighted by Crippen LogP contribution is -2.43. The van der Waals surface area contributed by atoms with Crippen molar-refractivity contribution in [3.63, 3.8) is 0 Å². The van der Waals surface area contributed by atoms with E-state index in [0.717, 1.165) is 18.5 Å². The van der Waals surface area contributed by atoms with Crippen LogP contribution in [0.25, 0.3) is 0 Å². The fourth-order valence-electron chi connectivity index (χ4n) is 2.77. The molecule has 1 unspecified atom stereocenters. The number of hydrogen-bond donors (Lipinski definition) is 3. The molecule has 0 bridgehead atoms. The smallest absolute Gasteiger partial charge is 0.315 e. The number of nitrogens with one attached hydrogen (secondary N) is 2. The van der Waals surface area contributed by atoms with E-state index in [1.165, 1.54) is 19.3 Å². The first-order chi connectivity index (χ1) is 9.66. The first-order valence-electron chi connectivity index (χ1n) is 7.50. The maximum absolute atomic E-state index is 11.7. The van der Waals surface area contributed by atoms with Crippen LogP contribution in [0.4, 0.5) is 4.79 Å². The molecule has 1 aromatic rings. The van der Waals surface area contributed by atoms with E-state index in [1.807, 2.05) is 29.9 Å². The van der Waals surface area contributed by atoms with Gasteiger partial charge in [0.1, 0.15) is 0 Å². The summed E-state index contributed by atoms with van der Waals surface area (Å²) in [4.78, 5) is 11.7. The molecule has 0 saturated heterocycles. The van der Waals surface area contributed by atoms with E-state index in [1.54, 1.807) is 0 Å². The van der Waals surface area contributed by atoms with Gasteiger partial charge in [0.05, 0.1) is 6.10 Å². The van der Waals surface area contributed by atoms with Crippen LogP contribution in [-0.4, -0.2) is 28.3 Å². The van der Waals surface area contributed by atoms with Gasteiger partial charge in [0.25, 0.3) is 0 Å². The first kappa shape index (κ1) is 14.9. The molecular formula is C15H25N3O2. The Morgan fingerprint density at radius 1 is 1.45 bits per heavy atom. The Kier molecular flexibility index (Phi) is 5.47. The van der Waals surface area contributed by atoms with Crippen LogP contribution in [0.1, 0.15) is 50.3 Å². The third-order valence-electron chi connectivity index (χ3n) is 3.97. The van der Waals surface area contributed by atoms with Gasteiger partial charge in [-0.2, -0.15) is 0 Å². The van der Waals surface area contributed by atoms with Crippen molar-refractivity contribution in [1.29, 1.82) is 0 Å². The highest BCUT2D eigenvalue weighted by Gasteiger charge is 2.16. The number of rotatable bonds is 5. The SMILES string of the molecule is Cn1cccc1C(O)CCNC(=O)NC1CCCCC1. The summed E-state index contributed by atoms with van der Waals surface area (Å²) in [5.74, 6) is 0.